The number of nitrogens with zero attached hydrogens (tertiary/aromatic N) is 2. The van der Waals surface area contributed by atoms with Crippen LogP contribution in [0.3, 0.4) is 0 Å². The fourth-order valence-electron chi connectivity index (χ4n) is 2.86. The van der Waals surface area contributed by atoms with Gasteiger partial charge < -0.3 is 9.47 Å². The highest BCUT2D eigenvalue weighted by molar-refractivity contribution is 7.12. The molecule has 1 N–H and O–H groups in total. The number of benzene rings is 2. The van der Waals surface area contributed by atoms with Crippen LogP contribution in [0.4, 0.5) is 5.69 Å². The summed E-state index contributed by atoms with van der Waals surface area (Å²) < 4.78 is 11.1. The minimum Gasteiger partial charge on any atom is -0.496 e. The van der Waals surface area contributed by atoms with Crippen molar-refractivity contribution >= 4 is 29.1 Å². The van der Waals surface area contributed by atoms with Crippen LogP contribution >= 0.6 is 11.3 Å². The number of hydrogen-bond donors (Lipinski definition) is 1. The van der Waals surface area contributed by atoms with Crippen LogP contribution in [0.5, 0.6) is 11.5 Å². The smallest absolute Gasteiger partial charge is 0.311 e. The third-order valence-electron chi connectivity index (χ3n) is 4.45. The van der Waals surface area contributed by atoms with Gasteiger partial charge in [-0.2, -0.15) is 5.10 Å². The van der Waals surface area contributed by atoms with Gasteiger partial charge in [-0.25, -0.2) is 5.43 Å². The SMILES string of the molecule is COc1ccc(/C=N\NC(=O)c2sccc2C)cc1COc1ccc(C)cc1[N+](=O)[O-]. The first kappa shape index (κ1) is 22.0. The number of methoxy groups -OCH3 is 1. The van der Waals surface area contributed by atoms with Gasteiger partial charge in [-0.1, -0.05) is 6.07 Å². The van der Waals surface area contributed by atoms with Crippen LogP contribution in [0.15, 0.2) is 52.9 Å². The van der Waals surface area contributed by atoms with Crippen molar-refractivity contribution in [2.75, 3.05) is 7.11 Å². The summed E-state index contributed by atoms with van der Waals surface area (Å²) in [5.74, 6) is 0.480. The molecule has 0 aliphatic carbocycles. The van der Waals surface area contributed by atoms with Crippen LogP contribution < -0.4 is 14.9 Å². The van der Waals surface area contributed by atoms with Gasteiger partial charge in [0.25, 0.3) is 5.91 Å². The number of nitro benzene ring substituents is 1. The summed E-state index contributed by atoms with van der Waals surface area (Å²) in [4.78, 5) is 23.6. The van der Waals surface area contributed by atoms with Crippen molar-refractivity contribution in [2.24, 2.45) is 5.10 Å². The number of amides is 1. The van der Waals surface area contributed by atoms with E-state index in [1.807, 2.05) is 18.4 Å². The van der Waals surface area contributed by atoms with E-state index in [0.717, 1.165) is 11.1 Å². The van der Waals surface area contributed by atoms with E-state index in [4.69, 9.17) is 9.47 Å². The molecule has 0 bridgehead atoms. The Morgan fingerprint density at radius 2 is 1.97 bits per heavy atom. The van der Waals surface area contributed by atoms with Gasteiger partial charge in [-0.3, -0.25) is 14.9 Å². The molecule has 0 radical (unpaired) electrons. The molecule has 0 fully saturated rings. The zero-order valence-electron chi connectivity index (χ0n) is 17.2. The van der Waals surface area contributed by atoms with Crippen LogP contribution in [0.2, 0.25) is 0 Å². The van der Waals surface area contributed by atoms with E-state index >= 15 is 0 Å². The number of hydrazone groups is 1. The zero-order chi connectivity index (χ0) is 22.4. The molecule has 0 atom stereocenters. The molecule has 1 amide bonds. The first-order valence-corrected chi connectivity index (χ1v) is 10.2. The van der Waals surface area contributed by atoms with E-state index in [1.165, 1.54) is 30.7 Å². The maximum Gasteiger partial charge on any atom is 0.311 e. The topological polar surface area (TPSA) is 103 Å². The predicted octanol–water partition coefficient (Wildman–Crippen LogP) is 4.62. The first-order valence-electron chi connectivity index (χ1n) is 9.31. The highest BCUT2D eigenvalue weighted by Gasteiger charge is 2.16. The van der Waals surface area contributed by atoms with Crippen molar-refractivity contribution in [1.82, 2.24) is 5.43 Å². The third-order valence-corrected chi connectivity index (χ3v) is 5.46. The van der Waals surface area contributed by atoms with Gasteiger partial charge in [0.2, 0.25) is 0 Å². The van der Waals surface area contributed by atoms with Gasteiger partial charge in [-0.05, 0) is 66.2 Å². The molecule has 9 heteroatoms. The minimum absolute atomic E-state index is 0.0650. The highest BCUT2D eigenvalue weighted by Crippen LogP contribution is 2.30. The normalized spacial score (nSPS) is 10.8. The molecule has 1 heterocycles. The van der Waals surface area contributed by atoms with E-state index in [1.54, 1.807) is 37.3 Å². The van der Waals surface area contributed by atoms with Gasteiger partial charge in [0, 0.05) is 11.6 Å². The van der Waals surface area contributed by atoms with Gasteiger partial charge in [-0.15, -0.1) is 11.3 Å². The predicted molar refractivity (Wildman–Crippen MR) is 119 cm³/mol. The average Bonchev–Trinajstić information content (AvgIpc) is 3.18. The molecule has 2 aromatic carbocycles. The summed E-state index contributed by atoms with van der Waals surface area (Å²) >= 11 is 1.35. The molecule has 3 rings (SSSR count). The van der Waals surface area contributed by atoms with Crippen LogP contribution in [-0.4, -0.2) is 24.2 Å². The van der Waals surface area contributed by atoms with Crippen LogP contribution in [0.25, 0.3) is 0 Å². The number of hydrogen-bond acceptors (Lipinski definition) is 7. The maximum absolute atomic E-state index is 12.1. The Labute approximate surface area is 183 Å². The van der Waals surface area contributed by atoms with Crippen molar-refractivity contribution in [3.8, 4) is 11.5 Å². The van der Waals surface area contributed by atoms with Gasteiger partial charge in [0.05, 0.1) is 23.1 Å². The Bertz CT molecular complexity index is 1140. The molecule has 160 valence electrons. The Morgan fingerprint density at radius 3 is 2.65 bits per heavy atom. The van der Waals surface area contributed by atoms with E-state index in [-0.39, 0.29) is 24.0 Å². The van der Waals surface area contributed by atoms with E-state index in [2.05, 4.69) is 10.5 Å². The number of thiophene rings is 1. The van der Waals surface area contributed by atoms with Gasteiger partial charge in [0.1, 0.15) is 12.4 Å². The lowest BCUT2D eigenvalue weighted by atomic mass is 10.1. The Hall–Kier alpha value is -3.72. The number of ether oxygens (including phenoxy) is 2. The van der Waals surface area contributed by atoms with Crippen molar-refractivity contribution in [1.29, 1.82) is 0 Å². The lowest BCUT2D eigenvalue weighted by molar-refractivity contribution is -0.386. The summed E-state index contributed by atoms with van der Waals surface area (Å²) in [6, 6.07) is 12.0. The molecular weight excluding hydrogens is 418 g/mol. The monoisotopic (exact) mass is 439 g/mol. The summed E-state index contributed by atoms with van der Waals surface area (Å²) in [7, 11) is 1.53. The molecule has 0 spiro atoms. The number of carbonyl (C=O) groups excluding carboxylic acids is 1. The van der Waals surface area contributed by atoms with Crippen molar-refractivity contribution in [3.63, 3.8) is 0 Å². The molecular formula is C22H21N3O5S. The quantitative estimate of drug-likeness (QED) is 0.313. The average molecular weight is 439 g/mol. The zero-order valence-corrected chi connectivity index (χ0v) is 18.1. The minimum atomic E-state index is -0.472. The summed E-state index contributed by atoms with van der Waals surface area (Å²) in [5.41, 5.74) is 5.47. The highest BCUT2D eigenvalue weighted by atomic mass is 32.1. The Morgan fingerprint density at radius 1 is 1.19 bits per heavy atom. The van der Waals surface area contributed by atoms with Crippen LogP contribution in [0.1, 0.15) is 31.9 Å². The van der Waals surface area contributed by atoms with Crippen molar-refractivity contribution < 1.29 is 19.2 Å². The Kier molecular flexibility index (Phi) is 6.99. The number of carbonyl (C=O) groups is 1. The standard InChI is InChI=1S/C22H21N3O5S/c1-14-4-6-20(18(10-14)25(27)28)30-13-17-11-16(5-7-19(17)29-3)12-23-24-22(26)21-15(2)8-9-31-21/h4-12H,13H2,1-3H3,(H,24,26)/b23-12-. The van der Waals surface area contributed by atoms with E-state index in [9.17, 15) is 14.9 Å². The van der Waals surface area contributed by atoms with Crippen molar-refractivity contribution in [2.45, 2.75) is 20.5 Å². The van der Waals surface area contributed by atoms with E-state index < -0.39 is 4.92 Å². The van der Waals surface area contributed by atoms with Crippen LogP contribution in [-0.2, 0) is 6.61 Å². The third kappa shape index (κ3) is 5.46. The molecule has 0 unspecified atom stereocenters. The summed E-state index contributed by atoms with van der Waals surface area (Å²) in [6.45, 7) is 3.71. The number of rotatable bonds is 8. The molecule has 8 nitrogen and oxygen atoms in total. The largest absolute Gasteiger partial charge is 0.496 e. The molecule has 1 aromatic heterocycles. The van der Waals surface area contributed by atoms with Crippen LogP contribution in [0, 0.1) is 24.0 Å². The number of nitro groups is 1. The molecule has 0 aliphatic heterocycles. The molecule has 3 aromatic rings. The fraction of sp³-hybridized carbons (Fsp3) is 0.182. The first-order chi connectivity index (χ1) is 14.9. The fourth-order valence-corrected chi connectivity index (χ4v) is 3.68. The maximum atomic E-state index is 12.1. The lowest BCUT2D eigenvalue weighted by Crippen LogP contribution is -2.17. The number of nitrogens with one attached hydrogen (secondary N) is 1. The number of aryl methyl sites for hydroxylation is 2. The van der Waals surface area contributed by atoms with Gasteiger partial charge in [0.15, 0.2) is 5.75 Å². The second kappa shape index (κ2) is 9.86. The molecule has 0 saturated heterocycles. The lowest BCUT2D eigenvalue weighted by Gasteiger charge is -2.11. The molecule has 0 saturated carbocycles. The second-order valence-electron chi connectivity index (χ2n) is 6.72. The second-order valence-corrected chi connectivity index (χ2v) is 7.64. The summed E-state index contributed by atoms with van der Waals surface area (Å²) in [6.07, 6.45) is 1.51. The summed E-state index contributed by atoms with van der Waals surface area (Å²) in [5, 5.41) is 17.2. The molecule has 0 aliphatic rings. The van der Waals surface area contributed by atoms with Gasteiger partial charge >= 0.3 is 5.69 Å². The van der Waals surface area contributed by atoms with E-state index in [0.29, 0.717) is 21.8 Å². The van der Waals surface area contributed by atoms with Crippen molar-refractivity contribution in [3.05, 3.63) is 85.1 Å². The molecule has 31 heavy (non-hydrogen) atoms. The Balaban J connectivity index is 1.73.